The Balaban J connectivity index is 1.72. The molecule has 1 aliphatic rings. The van der Waals surface area contributed by atoms with E-state index in [0.29, 0.717) is 17.9 Å². The number of nitrogens with one attached hydrogen (secondary N) is 1. The van der Waals surface area contributed by atoms with E-state index in [1.807, 2.05) is 12.1 Å². The van der Waals surface area contributed by atoms with Gasteiger partial charge in [0, 0.05) is 35.6 Å². The van der Waals surface area contributed by atoms with Crippen LogP contribution in [0.15, 0.2) is 41.8 Å². The van der Waals surface area contributed by atoms with Gasteiger partial charge in [-0.25, -0.2) is 0 Å². The van der Waals surface area contributed by atoms with Crippen LogP contribution in [0.3, 0.4) is 0 Å². The van der Waals surface area contributed by atoms with Gasteiger partial charge in [-0.3, -0.25) is 4.79 Å². The SMILES string of the molecule is COc1cccc(C(=O)NCC2(c3cccs3)CCOCC2)c1. The van der Waals surface area contributed by atoms with Crippen LogP contribution in [0.25, 0.3) is 0 Å². The predicted octanol–water partition coefficient (Wildman–Crippen LogP) is 3.23. The van der Waals surface area contributed by atoms with Gasteiger partial charge in [0.15, 0.2) is 0 Å². The van der Waals surface area contributed by atoms with Gasteiger partial charge in [0.05, 0.1) is 7.11 Å². The Hall–Kier alpha value is -1.85. The number of hydrogen-bond acceptors (Lipinski definition) is 4. The molecule has 122 valence electrons. The van der Waals surface area contributed by atoms with Gasteiger partial charge in [-0.2, -0.15) is 0 Å². The normalized spacial score (nSPS) is 16.7. The molecule has 3 rings (SSSR count). The second kappa shape index (κ2) is 7.15. The van der Waals surface area contributed by atoms with Crippen molar-refractivity contribution in [1.82, 2.24) is 5.32 Å². The highest BCUT2D eigenvalue weighted by molar-refractivity contribution is 7.10. The molecule has 0 spiro atoms. The quantitative estimate of drug-likeness (QED) is 0.915. The van der Waals surface area contributed by atoms with E-state index in [1.165, 1.54) is 4.88 Å². The van der Waals surface area contributed by atoms with Crippen LogP contribution in [0.4, 0.5) is 0 Å². The molecule has 5 heteroatoms. The van der Waals surface area contributed by atoms with E-state index in [9.17, 15) is 4.79 Å². The average molecular weight is 331 g/mol. The standard InChI is InChI=1S/C18H21NO3S/c1-21-15-5-2-4-14(12-15)17(20)19-13-18(7-9-22-10-8-18)16-6-3-11-23-16/h2-6,11-12H,7-10,13H2,1H3,(H,19,20). The fraction of sp³-hybridized carbons (Fsp3) is 0.389. The first-order chi connectivity index (χ1) is 11.2. The Labute approximate surface area is 140 Å². The zero-order valence-electron chi connectivity index (χ0n) is 13.2. The van der Waals surface area contributed by atoms with Crippen LogP contribution in [0.2, 0.25) is 0 Å². The summed E-state index contributed by atoms with van der Waals surface area (Å²) in [6.45, 7) is 2.12. The Kier molecular flexibility index (Phi) is 4.98. The van der Waals surface area contributed by atoms with Crippen LogP contribution in [0.5, 0.6) is 5.75 Å². The molecule has 0 radical (unpaired) electrons. The topological polar surface area (TPSA) is 47.6 Å². The van der Waals surface area contributed by atoms with Crippen molar-refractivity contribution in [2.45, 2.75) is 18.3 Å². The monoisotopic (exact) mass is 331 g/mol. The maximum absolute atomic E-state index is 12.5. The number of rotatable bonds is 5. The van der Waals surface area contributed by atoms with Gasteiger partial charge in [0.25, 0.3) is 5.91 Å². The maximum Gasteiger partial charge on any atom is 0.251 e. The highest BCUT2D eigenvalue weighted by atomic mass is 32.1. The minimum absolute atomic E-state index is 0.0130. The van der Waals surface area contributed by atoms with Crippen LogP contribution in [0.1, 0.15) is 28.1 Å². The molecule has 1 aliphatic heterocycles. The number of carbonyl (C=O) groups is 1. The summed E-state index contributed by atoms with van der Waals surface area (Å²) in [7, 11) is 1.60. The molecule has 1 saturated heterocycles. The molecule has 2 heterocycles. The second-order valence-electron chi connectivity index (χ2n) is 5.78. The number of amides is 1. The number of thiophene rings is 1. The molecule has 4 nitrogen and oxygen atoms in total. The molecule has 0 atom stereocenters. The van der Waals surface area contributed by atoms with Crippen molar-refractivity contribution >= 4 is 17.2 Å². The van der Waals surface area contributed by atoms with Gasteiger partial charge in [0.1, 0.15) is 5.75 Å². The molecule has 0 unspecified atom stereocenters. The van der Waals surface area contributed by atoms with Gasteiger partial charge in [-0.1, -0.05) is 12.1 Å². The van der Waals surface area contributed by atoms with Gasteiger partial charge in [-0.15, -0.1) is 11.3 Å². The summed E-state index contributed by atoms with van der Waals surface area (Å²) >= 11 is 1.75. The summed E-state index contributed by atoms with van der Waals surface area (Å²) in [4.78, 5) is 13.8. The van der Waals surface area contributed by atoms with Gasteiger partial charge >= 0.3 is 0 Å². The molecule has 0 bridgehead atoms. The van der Waals surface area contributed by atoms with Crippen molar-refractivity contribution < 1.29 is 14.3 Å². The van der Waals surface area contributed by atoms with Crippen LogP contribution >= 0.6 is 11.3 Å². The Bertz CT molecular complexity index is 648. The van der Waals surface area contributed by atoms with Crippen molar-refractivity contribution in [2.24, 2.45) is 0 Å². The molecule has 23 heavy (non-hydrogen) atoms. The summed E-state index contributed by atoms with van der Waals surface area (Å²) < 4.78 is 10.7. The Morgan fingerprint density at radius 1 is 1.30 bits per heavy atom. The summed E-state index contributed by atoms with van der Waals surface area (Å²) in [5.41, 5.74) is 0.610. The van der Waals surface area contributed by atoms with Gasteiger partial charge in [0.2, 0.25) is 0 Å². The van der Waals surface area contributed by atoms with E-state index < -0.39 is 0 Å². The van der Waals surface area contributed by atoms with E-state index in [-0.39, 0.29) is 11.3 Å². The molecule has 0 saturated carbocycles. The van der Waals surface area contributed by atoms with Gasteiger partial charge in [-0.05, 0) is 42.5 Å². The zero-order chi connectivity index (χ0) is 16.1. The van der Waals surface area contributed by atoms with E-state index in [4.69, 9.17) is 9.47 Å². The van der Waals surface area contributed by atoms with Crippen molar-refractivity contribution in [1.29, 1.82) is 0 Å². The smallest absolute Gasteiger partial charge is 0.251 e. The fourth-order valence-electron chi connectivity index (χ4n) is 2.97. The fourth-order valence-corrected chi connectivity index (χ4v) is 3.96. The average Bonchev–Trinajstić information content (AvgIpc) is 3.16. The molecule has 1 fully saturated rings. The third-order valence-electron chi connectivity index (χ3n) is 4.41. The minimum atomic E-state index is -0.0636. The van der Waals surface area contributed by atoms with Crippen LogP contribution in [-0.4, -0.2) is 32.8 Å². The van der Waals surface area contributed by atoms with Gasteiger partial charge < -0.3 is 14.8 Å². The summed E-state index contributed by atoms with van der Waals surface area (Å²) in [5, 5.41) is 5.20. The molecular formula is C18H21NO3S. The lowest BCUT2D eigenvalue weighted by molar-refractivity contribution is 0.0499. The van der Waals surface area contributed by atoms with Crippen molar-refractivity contribution in [3.63, 3.8) is 0 Å². The Morgan fingerprint density at radius 3 is 2.83 bits per heavy atom. The molecule has 1 aromatic carbocycles. The van der Waals surface area contributed by atoms with E-state index in [0.717, 1.165) is 26.1 Å². The number of hydrogen-bond donors (Lipinski definition) is 1. The Morgan fingerprint density at radius 2 is 2.13 bits per heavy atom. The molecule has 0 aliphatic carbocycles. The van der Waals surface area contributed by atoms with E-state index in [2.05, 4.69) is 22.8 Å². The zero-order valence-corrected chi connectivity index (χ0v) is 14.0. The molecular weight excluding hydrogens is 310 g/mol. The number of methoxy groups -OCH3 is 1. The summed E-state index contributed by atoms with van der Waals surface area (Å²) in [6, 6.07) is 11.5. The third kappa shape index (κ3) is 3.57. The lowest BCUT2D eigenvalue weighted by Gasteiger charge is -2.36. The molecule has 1 aromatic heterocycles. The first-order valence-electron chi connectivity index (χ1n) is 7.77. The van der Waals surface area contributed by atoms with Crippen molar-refractivity contribution in [3.8, 4) is 5.75 Å². The lowest BCUT2D eigenvalue weighted by atomic mass is 9.78. The van der Waals surface area contributed by atoms with Crippen LogP contribution < -0.4 is 10.1 Å². The van der Waals surface area contributed by atoms with E-state index in [1.54, 1.807) is 30.6 Å². The second-order valence-corrected chi connectivity index (χ2v) is 6.73. The minimum Gasteiger partial charge on any atom is -0.497 e. The summed E-state index contributed by atoms with van der Waals surface area (Å²) in [5.74, 6) is 0.628. The maximum atomic E-state index is 12.5. The van der Waals surface area contributed by atoms with Crippen molar-refractivity contribution in [2.75, 3.05) is 26.9 Å². The largest absolute Gasteiger partial charge is 0.497 e. The van der Waals surface area contributed by atoms with E-state index >= 15 is 0 Å². The molecule has 1 N–H and O–H groups in total. The third-order valence-corrected chi connectivity index (χ3v) is 5.53. The van der Waals surface area contributed by atoms with Crippen LogP contribution in [-0.2, 0) is 10.2 Å². The molecule has 1 amide bonds. The number of benzene rings is 1. The van der Waals surface area contributed by atoms with Crippen LogP contribution in [0, 0.1) is 0 Å². The first kappa shape index (κ1) is 16.0. The molecule has 2 aromatic rings. The highest BCUT2D eigenvalue weighted by Crippen LogP contribution is 2.37. The lowest BCUT2D eigenvalue weighted by Crippen LogP contribution is -2.44. The number of ether oxygens (including phenoxy) is 2. The van der Waals surface area contributed by atoms with Crippen molar-refractivity contribution in [3.05, 3.63) is 52.2 Å². The predicted molar refractivity (Wildman–Crippen MR) is 91.4 cm³/mol. The first-order valence-corrected chi connectivity index (χ1v) is 8.65. The summed E-state index contributed by atoms with van der Waals surface area (Å²) in [6.07, 6.45) is 1.87. The number of carbonyl (C=O) groups excluding carboxylic acids is 1. The highest BCUT2D eigenvalue weighted by Gasteiger charge is 2.35.